The van der Waals surface area contributed by atoms with Gasteiger partial charge in [-0.25, -0.2) is 0 Å². The van der Waals surface area contributed by atoms with Crippen molar-refractivity contribution in [3.63, 3.8) is 0 Å². The van der Waals surface area contributed by atoms with Gasteiger partial charge in [-0.2, -0.15) is 0 Å². The molecular weight excluding hydrogens is 266 g/mol. The van der Waals surface area contributed by atoms with Crippen LogP contribution in [0.5, 0.6) is 0 Å². The molecule has 2 aromatic carbocycles. The van der Waals surface area contributed by atoms with E-state index >= 15 is 0 Å². The average molecular weight is 289 g/mol. The van der Waals surface area contributed by atoms with Crippen molar-refractivity contribution < 1.29 is 0 Å². The van der Waals surface area contributed by atoms with Crippen molar-refractivity contribution >= 4 is 10.9 Å². The molecule has 0 fully saturated rings. The minimum Gasteiger partial charge on any atom is -0.343 e. The van der Waals surface area contributed by atoms with E-state index in [9.17, 15) is 0 Å². The van der Waals surface area contributed by atoms with Crippen LogP contribution in [0.2, 0.25) is 0 Å². The topological polar surface area (TPSA) is 4.93 Å². The van der Waals surface area contributed by atoms with E-state index in [4.69, 9.17) is 0 Å². The smallest absolute Gasteiger partial charge is 0.0527 e. The van der Waals surface area contributed by atoms with Crippen LogP contribution in [-0.2, 0) is 18.9 Å². The molecule has 0 atom stereocenters. The molecule has 0 radical (unpaired) electrons. The van der Waals surface area contributed by atoms with E-state index in [0.29, 0.717) is 0 Å². The van der Waals surface area contributed by atoms with Crippen LogP contribution < -0.4 is 0 Å². The maximum atomic E-state index is 2.42. The molecule has 0 saturated heterocycles. The van der Waals surface area contributed by atoms with E-state index in [2.05, 4.69) is 75.7 Å². The van der Waals surface area contributed by atoms with Crippen LogP contribution in [0.25, 0.3) is 22.2 Å². The monoisotopic (exact) mass is 289 g/mol. The molecule has 1 heteroatoms. The second-order valence-electron chi connectivity index (χ2n) is 7.68. The summed E-state index contributed by atoms with van der Waals surface area (Å²) < 4.78 is 2.42. The van der Waals surface area contributed by atoms with Crippen LogP contribution >= 0.6 is 0 Å². The first-order valence-electron chi connectivity index (χ1n) is 8.08. The highest BCUT2D eigenvalue weighted by Gasteiger charge is 2.28. The normalized spacial score (nSPS) is 13.5. The zero-order chi connectivity index (χ0) is 15.6. The molecule has 0 spiro atoms. The second kappa shape index (κ2) is 4.25. The Balaban J connectivity index is 2.09. The molecule has 4 rings (SSSR count). The molecular formula is C21H23N. The lowest BCUT2D eigenvalue weighted by molar-refractivity contribution is 0.593. The highest BCUT2D eigenvalue weighted by Crippen LogP contribution is 2.44. The van der Waals surface area contributed by atoms with E-state index < -0.39 is 0 Å². The fourth-order valence-corrected chi connectivity index (χ4v) is 4.01. The van der Waals surface area contributed by atoms with Crippen LogP contribution in [0.3, 0.4) is 0 Å². The Hall–Kier alpha value is -2.02. The lowest BCUT2D eigenvalue weighted by atomic mass is 9.85. The molecule has 1 aliphatic carbocycles. The van der Waals surface area contributed by atoms with Gasteiger partial charge < -0.3 is 4.57 Å². The molecule has 1 nitrogen and oxygen atoms in total. The second-order valence-corrected chi connectivity index (χ2v) is 7.68. The Kier molecular flexibility index (Phi) is 2.64. The molecule has 1 aliphatic rings. The molecule has 3 aromatic rings. The summed E-state index contributed by atoms with van der Waals surface area (Å²) in [6, 6.07) is 13.7. The summed E-state index contributed by atoms with van der Waals surface area (Å²) in [4.78, 5) is 0. The number of fused-ring (bicyclic) bond motifs is 5. The van der Waals surface area contributed by atoms with E-state index in [0.717, 1.165) is 6.42 Å². The van der Waals surface area contributed by atoms with Crippen LogP contribution in [0.15, 0.2) is 36.4 Å². The van der Waals surface area contributed by atoms with E-state index in [1.54, 1.807) is 0 Å². The fourth-order valence-electron chi connectivity index (χ4n) is 4.01. The Labute approximate surface area is 132 Å². The van der Waals surface area contributed by atoms with Gasteiger partial charge >= 0.3 is 0 Å². The Morgan fingerprint density at radius 3 is 2.55 bits per heavy atom. The van der Waals surface area contributed by atoms with E-state index in [1.165, 1.54) is 44.4 Å². The summed E-state index contributed by atoms with van der Waals surface area (Å²) in [5, 5.41) is 1.43. The van der Waals surface area contributed by atoms with Crippen molar-refractivity contribution in [2.75, 3.05) is 0 Å². The number of benzene rings is 2. The van der Waals surface area contributed by atoms with Crippen molar-refractivity contribution in [3.8, 4) is 11.3 Å². The summed E-state index contributed by atoms with van der Waals surface area (Å²) in [6.45, 7) is 9.09. The molecule has 0 amide bonds. The largest absolute Gasteiger partial charge is 0.343 e. The lowest BCUT2D eigenvalue weighted by Gasteiger charge is -2.21. The number of hydrogen-bond acceptors (Lipinski definition) is 0. The molecule has 1 aromatic heterocycles. The van der Waals surface area contributed by atoms with Gasteiger partial charge in [-0.15, -0.1) is 0 Å². The van der Waals surface area contributed by atoms with Crippen molar-refractivity contribution in [1.82, 2.24) is 4.57 Å². The van der Waals surface area contributed by atoms with Crippen LogP contribution in [0.4, 0.5) is 0 Å². The fraction of sp³-hybridized carbons (Fsp3) is 0.333. The van der Waals surface area contributed by atoms with Gasteiger partial charge in [-0.3, -0.25) is 0 Å². The van der Waals surface area contributed by atoms with E-state index in [-0.39, 0.29) is 5.41 Å². The molecule has 0 N–H and O–H groups in total. The third-order valence-electron chi connectivity index (χ3n) is 5.01. The van der Waals surface area contributed by atoms with Gasteiger partial charge in [0, 0.05) is 24.4 Å². The highest BCUT2D eigenvalue weighted by molar-refractivity contribution is 5.97. The van der Waals surface area contributed by atoms with Gasteiger partial charge in [0.2, 0.25) is 0 Å². The molecule has 0 aliphatic heterocycles. The average Bonchev–Trinajstić information content (AvgIpc) is 2.94. The molecule has 112 valence electrons. The van der Waals surface area contributed by atoms with Crippen molar-refractivity contribution in [2.24, 2.45) is 7.05 Å². The van der Waals surface area contributed by atoms with Gasteiger partial charge in [0.15, 0.2) is 0 Å². The number of rotatable bonds is 0. The SMILES string of the molecule is Cc1ccc2c(c1)Cc1c-2n(C)c2c(C(C)(C)C)cccc12. The van der Waals surface area contributed by atoms with Crippen molar-refractivity contribution in [1.29, 1.82) is 0 Å². The summed E-state index contributed by atoms with van der Waals surface area (Å²) in [6.07, 6.45) is 1.07. The minimum absolute atomic E-state index is 0.162. The van der Waals surface area contributed by atoms with Crippen LogP contribution in [-0.4, -0.2) is 4.57 Å². The molecule has 1 heterocycles. The van der Waals surface area contributed by atoms with E-state index in [1.807, 2.05) is 0 Å². The van der Waals surface area contributed by atoms with Crippen LogP contribution in [0.1, 0.15) is 43.0 Å². The Morgan fingerprint density at radius 2 is 1.82 bits per heavy atom. The summed E-state index contributed by atoms with van der Waals surface area (Å²) in [5.74, 6) is 0. The third kappa shape index (κ3) is 1.71. The van der Waals surface area contributed by atoms with Gasteiger partial charge in [-0.05, 0) is 29.0 Å². The zero-order valence-corrected chi connectivity index (χ0v) is 14.1. The number of nitrogens with zero attached hydrogens (tertiary/aromatic N) is 1. The van der Waals surface area contributed by atoms with Gasteiger partial charge in [0.05, 0.1) is 11.2 Å². The predicted octanol–water partition coefficient (Wildman–Crippen LogP) is 5.36. The number of hydrogen-bond donors (Lipinski definition) is 0. The first-order chi connectivity index (χ1) is 10.4. The van der Waals surface area contributed by atoms with Gasteiger partial charge in [-0.1, -0.05) is 62.7 Å². The maximum Gasteiger partial charge on any atom is 0.0527 e. The first kappa shape index (κ1) is 13.6. The Bertz CT molecular complexity index is 904. The number of para-hydroxylation sites is 1. The summed E-state index contributed by atoms with van der Waals surface area (Å²) in [5.41, 5.74) is 10.2. The van der Waals surface area contributed by atoms with Gasteiger partial charge in [0.25, 0.3) is 0 Å². The molecule has 0 unspecified atom stereocenters. The molecule has 22 heavy (non-hydrogen) atoms. The van der Waals surface area contributed by atoms with Crippen molar-refractivity contribution in [2.45, 2.75) is 39.5 Å². The molecule has 0 saturated carbocycles. The zero-order valence-electron chi connectivity index (χ0n) is 14.1. The standard InChI is InChI=1S/C21H23N/c1-13-9-10-15-14(11-13)12-17-16-7-6-8-18(21(2,3)4)20(16)22(5)19(15)17/h6-11H,12H2,1-5H3. The predicted molar refractivity (Wildman–Crippen MR) is 94.6 cm³/mol. The molecule has 0 bridgehead atoms. The highest BCUT2D eigenvalue weighted by atomic mass is 15.0. The number of aromatic nitrogens is 1. The van der Waals surface area contributed by atoms with Crippen LogP contribution in [0, 0.1) is 6.92 Å². The maximum absolute atomic E-state index is 2.42. The number of aryl methyl sites for hydroxylation is 2. The minimum atomic E-state index is 0.162. The summed E-state index contributed by atoms with van der Waals surface area (Å²) >= 11 is 0. The van der Waals surface area contributed by atoms with Gasteiger partial charge in [0.1, 0.15) is 0 Å². The quantitative estimate of drug-likeness (QED) is 0.411. The Morgan fingerprint density at radius 1 is 1.05 bits per heavy atom. The lowest BCUT2D eigenvalue weighted by Crippen LogP contribution is -2.13. The third-order valence-corrected chi connectivity index (χ3v) is 5.01. The first-order valence-corrected chi connectivity index (χ1v) is 8.08. The van der Waals surface area contributed by atoms with Crippen molar-refractivity contribution in [3.05, 3.63) is 58.7 Å². The summed E-state index contributed by atoms with van der Waals surface area (Å²) in [7, 11) is 2.23.